The average Bonchev–Trinajstić information content (AvgIpc) is 3.88. The fourth-order valence-corrected chi connectivity index (χ4v) is 7.48. The fraction of sp³-hybridized carbons (Fsp3) is 0.800. The normalized spacial score (nSPS) is 26.8. The highest BCUT2D eigenvalue weighted by Crippen LogP contribution is 2.37. The molecule has 286 valence electrons. The molecule has 0 aromatic heterocycles. The Morgan fingerprint density at radius 1 is 1.02 bits per heavy atom. The van der Waals surface area contributed by atoms with Crippen LogP contribution in [0.1, 0.15) is 119 Å². The summed E-state index contributed by atoms with van der Waals surface area (Å²) in [5, 5.41) is 42.7. The maximum absolute atomic E-state index is 13.4. The third-order valence-electron chi connectivity index (χ3n) is 11.0. The molecule has 1 amide bonds. The van der Waals surface area contributed by atoms with E-state index < -0.39 is 35.6 Å². The van der Waals surface area contributed by atoms with E-state index in [9.17, 15) is 30.0 Å². The molecule has 10 nitrogen and oxygen atoms in total. The number of epoxide rings is 1. The van der Waals surface area contributed by atoms with Crippen LogP contribution in [0.5, 0.6) is 0 Å². The number of piperazine rings is 1. The summed E-state index contributed by atoms with van der Waals surface area (Å²) in [5.74, 6) is 0.0988. The number of amides is 1. The molecule has 10 heteroatoms. The molecule has 0 bridgehead atoms. The van der Waals surface area contributed by atoms with Crippen molar-refractivity contribution in [2.75, 3.05) is 26.2 Å². The number of ether oxygens (including phenoxy) is 2. The Bertz CT molecular complexity index is 1120. The van der Waals surface area contributed by atoms with Gasteiger partial charge in [0.1, 0.15) is 11.9 Å². The Morgan fingerprint density at radius 3 is 2.30 bits per heavy atom. The number of carbonyl (C=O) groups excluding carboxylic acids is 2. The highest BCUT2D eigenvalue weighted by atomic mass is 16.6. The van der Waals surface area contributed by atoms with Crippen molar-refractivity contribution in [3.8, 4) is 0 Å². The zero-order valence-corrected chi connectivity index (χ0v) is 31.7. The van der Waals surface area contributed by atoms with E-state index in [1.54, 1.807) is 30.9 Å². The zero-order valence-electron chi connectivity index (χ0n) is 31.7. The van der Waals surface area contributed by atoms with Crippen LogP contribution in [0.25, 0.3) is 0 Å². The second kappa shape index (κ2) is 20.2. The maximum Gasteiger partial charge on any atom is 0.410 e. The van der Waals surface area contributed by atoms with Gasteiger partial charge < -0.3 is 39.6 Å². The summed E-state index contributed by atoms with van der Waals surface area (Å²) in [4.78, 5) is 28.5. The summed E-state index contributed by atoms with van der Waals surface area (Å²) in [6, 6.07) is 0.590. The number of hydrogen-bond acceptors (Lipinski definition) is 9. The molecule has 0 spiro atoms. The molecule has 2 aliphatic heterocycles. The summed E-state index contributed by atoms with van der Waals surface area (Å²) < 4.78 is 11.7. The van der Waals surface area contributed by atoms with Crippen molar-refractivity contribution in [3.63, 3.8) is 0 Å². The number of aliphatic hydroxyl groups is 4. The SMILES string of the molecule is CCC(O)C(C)C1OC1CC(C)(O)/C=C/C=C(\C)CC(C)/C=C/C(OC(=O)N1CCN(C2CCCCCC2)CC1)C(C)(O)CCC(O)CC=O. The van der Waals surface area contributed by atoms with E-state index >= 15 is 0 Å². The van der Waals surface area contributed by atoms with Crippen LogP contribution in [0, 0.1) is 11.8 Å². The number of aliphatic hydroxyl groups excluding tert-OH is 2. The van der Waals surface area contributed by atoms with Crippen molar-refractivity contribution in [3.05, 3.63) is 36.0 Å². The fourth-order valence-electron chi connectivity index (χ4n) is 7.48. The van der Waals surface area contributed by atoms with Crippen LogP contribution in [0.15, 0.2) is 36.0 Å². The minimum atomic E-state index is -1.45. The largest absolute Gasteiger partial charge is 0.439 e. The molecule has 1 saturated carbocycles. The Balaban J connectivity index is 1.57. The first-order valence-electron chi connectivity index (χ1n) is 19.3. The summed E-state index contributed by atoms with van der Waals surface area (Å²) in [5.41, 5.74) is -1.39. The minimum absolute atomic E-state index is 0.00859. The quantitative estimate of drug-likeness (QED) is 0.0437. The van der Waals surface area contributed by atoms with Gasteiger partial charge in [-0.05, 0) is 71.3 Å². The Labute approximate surface area is 301 Å². The van der Waals surface area contributed by atoms with Crippen molar-refractivity contribution in [1.82, 2.24) is 9.80 Å². The van der Waals surface area contributed by atoms with E-state index in [1.807, 2.05) is 39.0 Å². The second-order valence-electron chi connectivity index (χ2n) is 15.9. The van der Waals surface area contributed by atoms with E-state index in [1.165, 1.54) is 38.5 Å². The zero-order chi connectivity index (χ0) is 36.9. The summed E-state index contributed by atoms with van der Waals surface area (Å²) in [7, 11) is 0. The summed E-state index contributed by atoms with van der Waals surface area (Å²) in [6.07, 6.45) is 17.0. The molecule has 0 aromatic carbocycles. The molecule has 3 aliphatic rings. The van der Waals surface area contributed by atoms with Gasteiger partial charge in [0, 0.05) is 51.0 Å². The van der Waals surface area contributed by atoms with Gasteiger partial charge in [0.05, 0.1) is 30.0 Å². The van der Waals surface area contributed by atoms with Gasteiger partial charge in [-0.3, -0.25) is 4.90 Å². The predicted molar refractivity (Wildman–Crippen MR) is 197 cm³/mol. The molecular formula is C40H68N2O8. The Kier molecular flexibility index (Phi) is 17.1. The average molecular weight is 705 g/mol. The molecule has 9 unspecified atom stereocenters. The third kappa shape index (κ3) is 14.2. The Morgan fingerprint density at radius 2 is 1.68 bits per heavy atom. The molecule has 0 aromatic rings. The molecule has 1 aliphatic carbocycles. The van der Waals surface area contributed by atoms with Gasteiger partial charge >= 0.3 is 6.09 Å². The number of carbonyl (C=O) groups is 2. The first-order chi connectivity index (χ1) is 23.7. The lowest BCUT2D eigenvalue weighted by Crippen LogP contribution is -2.53. The lowest BCUT2D eigenvalue weighted by Gasteiger charge is -2.40. The molecular weight excluding hydrogens is 636 g/mol. The molecule has 0 radical (unpaired) electrons. The minimum Gasteiger partial charge on any atom is -0.439 e. The highest BCUT2D eigenvalue weighted by Gasteiger charge is 2.47. The molecule has 3 rings (SSSR count). The number of nitrogens with zero attached hydrogens (tertiary/aromatic N) is 2. The van der Waals surface area contributed by atoms with Gasteiger partial charge in [0.25, 0.3) is 0 Å². The topological polar surface area (TPSA) is 143 Å². The van der Waals surface area contributed by atoms with E-state index in [0.717, 1.165) is 18.7 Å². The van der Waals surface area contributed by atoms with Crippen LogP contribution < -0.4 is 0 Å². The molecule has 9 atom stereocenters. The summed E-state index contributed by atoms with van der Waals surface area (Å²) in [6.45, 7) is 14.2. The first kappa shape index (κ1) is 42.3. The third-order valence-corrected chi connectivity index (χ3v) is 11.0. The monoisotopic (exact) mass is 704 g/mol. The molecule has 50 heavy (non-hydrogen) atoms. The van der Waals surface area contributed by atoms with Gasteiger partial charge in [-0.2, -0.15) is 0 Å². The van der Waals surface area contributed by atoms with E-state index in [4.69, 9.17) is 9.47 Å². The van der Waals surface area contributed by atoms with Crippen LogP contribution in [-0.2, 0) is 14.3 Å². The predicted octanol–water partition coefficient (Wildman–Crippen LogP) is 5.71. The molecule has 2 saturated heterocycles. The van der Waals surface area contributed by atoms with E-state index in [2.05, 4.69) is 11.8 Å². The summed E-state index contributed by atoms with van der Waals surface area (Å²) >= 11 is 0. The van der Waals surface area contributed by atoms with Gasteiger partial charge in [-0.25, -0.2) is 4.79 Å². The maximum atomic E-state index is 13.4. The van der Waals surface area contributed by atoms with Gasteiger partial charge in [-0.15, -0.1) is 0 Å². The van der Waals surface area contributed by atoms with Gasteiger partial charge in [0.15, 0.2) is 6.10 Å². The number of hydrogen-bond donors (Lipinski definition) is 4. The first-order valence-corrected chi connectivity index (χ1v) is 19.3. The van der Waals surface area contributed by atoms with Crippen molar-refractivity contribution in [1.29, 1.82) is 0 Å². The number of rotatable bonds is 19. The smallest absolute Gasteiger partial charge is 0.410 e. The van der Waals surface area contributed by atoms with Crippen LogP contribution in [0.3, 0.4) is 0 Å². The van der Waals surface area contributed by atoms with Gasteiger partial charge in [0.2, 0.25) is 0 Å². The highest BCUT2D eigenvalue weighted by molar-refractivity contribution is 5.68. The van der Waals surface area contributed by atoms with Crippen LogP contribution in [0.2, 0.25) is 0 Å². The van der Waals surface area contributed by atoms with Crippen molar-refractivity contribution in [2.45, 2.75) is 166 Å². The van der Waals surface area contributed by atoms with Gasteiger partial charge in [-0.1, -0.05) is 76.3 Å². The van der Waals surface area contributed by atoms with E-state index in [-0.39, 0.29) is 43.3 Å². The van der Waals surface area contributed by atoms with Crippen LogP contribution >= 0.6 is 0 Å². The number of aldehydes is 1. The lowest BCUT2D eigenvalue weighted by molar-refractivity contribution is -0.110. The number of allylic oxidation sites excluding steroid dienone is 4. The van der Waals surface area contributed by atoms with Crippen LogP contribution in [0.4, 0.5) is 4.79 Å². The van der Waals surface area contributed by atoms with Crippen molar-refractivity contribution in [2.24, 2.45) is 11.8 Å². The van der Waals surface area contributed by atoms with E-state index in [0.29, 0.717) is 44.7 Å². The van der Waals surface area contributed by atoms with Crippen molar-refractivity contribution < 1.29 is 39.5 Å². The standard InChI is InChI=1S/C40H68N2O8/c1-7-34(45)31(4)37-35(49-37)28-39(5,47)20-12-13-29(2)27-30(3)16-17-36(40(6,48)21-18-33(44)19-26-43)50-38(46)42-24-22-41(23-25-42)32-14-10-8-9-11-15-32/h12-13,16-17,20,26,30-37,44-45,47-48H,7-11,14-15,18-19,21-25,27-28H2,1-6H3/b17-16+,20-12+,29-13+. The molecule has 4 N–H and O–H groups in total. The lowest BCUT2D eigenvalue weighted by atomic mass is 9.90. The molecule has 2 heterocycles. The molecule has 3 fully saturated rings. The second-order valence-corrected chi connectivity index (χ2v) is 15.9. The van der Waals surface area contributed by atoms with Crippen molar-refractivity contribution >= 4 is 12.4 Å². The Hall–Kier alpha value is -2.08. The van der Waals surface area contributed by atoms with Crippen LogP contribution in [-0.4, -0.2) is 117 Å².